The number of sulfonamides is 1. The summed E-state index contributed by atoms with van der Waals surface area (Å²) in [5.41, 5.74) is 3.82. The summed E-state index contributed by atoms with van der Waals surface area (Å²) >= 11 is 6.41. The lowest BCUT2D eigenvalue weighted by Gasteiger charge is -2.35. The predicted molar refractivity (Wildman–Crippen MR) is 136 cm³/mol. The Bertz CT molecular complexity index is 1160. The minimum absolute atomic E-state index is 0.0807. The number of halogens is 1. The molecule has 1 aromatic heterocycles. The zero-order chi connectivity index (χ0) is 23.9. The molecule has 0 amide bonds. The van der Waals surface area contributed by atoms with Crippen molar-refractivity contribution in [1.82, 2.24) is 19.6 Å². The number of rotatable bonds is 7. The van der Waals surface area contributed by atoms with Crippen LogP contribution >= 0.6 is 11.6 Å². The molecular formula is C24H33ClN6O2S. The number of benzene rings is 1. The van der Waals surface area contributed by atoms with Gasteiger partial charge in [-0.3, -0.25) is 4.90 Å². The van der Waals surface area contributed by atoms with Crippen molar-refractivity contribution in [3.8, 4) is 0 Å². The highest BCUT2D eigenvalue weighted by Crippen LogP contribution is 2.44. The molecule has 4 atom stereocenters. The summed E-state index contributed by atoms with van der Waals surface area (Å²) in [4.78, 5) is 11.6. The largest absolute Gasteiger partial charge is 0.364 e. The first-order valence-electron chi connectivity index (χ1n) is 12.2. The van der Waals surface area contributed by atoms with Crippen LogP contribution in [0.25, 0.3) is 0 Å². The van der Waals surface area contributed by atoms with Gasteiger partial charge in [-0.05, 0) is 61.9 Å². The molecule has 34 heavy (non-hydrogen) atoms. The maximum atomic E-state index is 11.8. The highest BCUT2D eigenvalue weighted by molar-refractivity contribution is 7.88. The van der Waals surface area contributed by atoms with Crippen LogP contribution in [0.5, 0.6) is 0 Å². The van der Waals surface area contributed by atoms with Gasteiger partial charge < -0.3 is 10.6 Å². The Morgan fingerprint density at radius 1 is 1.15 bits per heavy atom. The van der Waals surface area contributed by atoms with Gasteiger partial charge in [-0.15, -0.1) is 0 Å². The van der Waals surface area contributed by atoms with E-state index < -0.39 is 10.0 Å². The van der Waals surface area contributed by atoms with Crippen LogP contribution in [-0.2, 0) is 16.4 Å². The second-order valence-corrected chi connectivity index (χ2v) is 11.9. The monoisotopic (exact) mass is 504 g/mol. The zero-order valence-corrected chi connectivity index (χ0v) is 21.3. The first-order valence-corrected chi connectivity index (χ1v) is 14.5. The van der Waals surface area contributed by atoms with Crippen molar-refractivity contribution in [1.29, 1.82) is 0 Å². The molecule has 3 heterocycles. The van der Waals surface area contributed by atoms with Crippen molar-refractivity contribution in [2.45, 2.75) is 76.0 Å². The average molecular weight is 505 g/mol. The van der Waals surface area contributed by atoms with Gasteiger partial charge in [-0.1, -0.05) is 37.4 Å². The van der Waals surface area contributed by atoms with Gasteiger partial charge in [-0.2, -0.15) is 4.98 Å². The lowest BCUT2D eigenvalue weighted by molar-refractivity contribution is 0.188. The molecule has 1 saturated heterocycles. The second-order valence-electron chi connectivity index (χ2n) is 9.74. The number of likely N-dealkylation sites (N-methyl/N-ethyl adjacent to an activating group) is 1. The fraction of sp³-hybridized carbons (Fsp3) is 0.583. The molecule has 0 radical (unpaired) electrons. The van der Waals surface area contributed by atoms with Gasteiger partial charge in [0.05, 0.1) is 12.5 Å². The summed E-state index contributed by atoms with van der Waals surface area (Å²) in [5.74, 6) is 0.975. The Balaban J connectivity index is 1.34. The van der Waals surface area contributed by atoms with Gasteiger partial charge in [0.1, 0.15) is 5.02 Å². The Morgan fingerprint density at radius 2 is 1.94 bits per heavy atom. The van der Waals surface area contributed by atoms with Crippen molar-refractivity contribution >= 4 is 39.1 Å². The fourth-order valence-corrected chi connectivity index (χ4v) is 6.92. The van der Waals surface area contributed by atoms with Gasteiger partial charge in [0.2, 0.25) is 16.0 Å². The zero-order valence-electron chi connectivity index (χ0n) is 19.7. The van der Waals surface area contributed by atoms with Crippen LogP contribution in [0.4, 0.5) is 17.5 Å². The van der Waals surface area contributed by atoms with Crippen molar-refractivity contribution in [2.24, 2.45) is 0 Å². The van der Waals surface area contributed by atoms with E-state index in [-0.39, 0.29) is 12.1 Å². The molecule has 3 N–H and O–H groups in total. The number of hydrogen-bond acceptors (Lipinski definition) is 7. The summed E-state index contributed by atoms with van der Waals surface area (Å²) in [6.07, 6.45) is 10.0. The summed E-state index contributed by atoms with van der Waals surface area (Å²) in [6.45, 7) is 3.33. The van der Waals surface area contributed by atoms with E-state index in [1.54, 1.807) is 6.20 Å². The van der Waals surface area contributed by atoms with Gasteiger partial charge >= 0.3 is 0 Å². The van der Waals surface area contributed by atoms with E-state index in [0.29, 0.717) is 28.9 Å². The summed E-state index contributed by atoms with van der Waals surface area (Å²) < 4.78 is 26.4. The highest BCUT2D eigenvalue weighted by Gasteiger charge is 2.38. The van der Waals surface area contributed by atoms with E-state index in [1.807, 2.05) is 0 Å². The number of nitrogens with zero attached hydrogens (tertiary/aromatic N) is 3. The van der Waals surface area contributed by atoms with Crippen LogP contribution in [0, 0.1) is 0 Å². The number of nitrogens with one attached hydrogen (secondary N) is 3. The molecule has 10 heteroatoms. The van der Waals surface area contributed by atoms with Crippen LogP contribution in [0.15, 0.2) is 24.4 Å². The van der Waals surface area contributed by atoms with E-state index in [2.05, 4.69) is 55.3 Å². The Morgan fingerprint density at radius 3 is 2.71 bits per heavy atom. The van der Waals surface area contributed by atoms with E-state index >= 15 is 0 Å². The molecule has 1 aliphatic carbocycles. The van der Waals surface area contributed by atoms with Crippen molar-refractivity contribution < 1.29 is 8.42 Å². The first-order chi connectivity index (χ1) is 16.3. The molecule has 0 spiro atoms. The summed E-state index contributed by atoms with van der Waals surface area (Å²) in [7, 11) is -3.30. The second kappa shape index (κ2) is 9.60. The molecule has 5 rings (SSSR count). The first kappa shape index (κ1) is 23.8. The quantitative estimate of drug-likeness (QED) is 0.519. The topological polar surface area (TPSA) is 99.2 Å². The summed E-state index contributed by atoms with van der Waals surface area (Å²) in [6, 6.07) is 7.46. The number of aromatic nitrogens is 2. The highest BCUT2D eigenvalue weighted by atomic mass is 35.5. The molecule has 2 unspecified atom stereocenters. The van der Waals surface area contributed by atoms with Crippen LogP contribution in [0.2, 0.25) is 5.02 Å². The third-order valence-corrected chi connectivity index (χ3v) is 8.43. The third-order valence-electron chi connectivity index (χ3n) is 7.42. The van der Waals surface area contributed by atoms with Crippen molar-refractivity contribution in [3.63, 3.8) is 0 Å². The van der Waals surface area contributed by atoms with Crippen molar-refractivity contribution in [2.75, 3.05) is 23.4 Å². The Kier molecular flexibility index (Phi) is 6.72. The molecule has 2 aromatic rings. The number of fused-ring (bicyclic) bond motifs is 4. The van der Waals surface area contributed by atoms with Crippen LogP contribution < -0.4 is 15.4 Å². The van der Waals surface area contributed by atoms with Gasteiger partial charge in [0, 0.05) is 29.9 Å². The lowest BCUT2D eigenvalue weighted by Crippen LogP contribution is -2.48. The fourth-order valence-electron chi connectivity index (χ4n) is 5.94. The lowest BCUT2D eigenvalue weighted by atomic mass is 9.91. The van der Waals surface area contributed by atoms with E-state index in [1.165, 1.54) is 30.2 Å². The number of hydrogen-bond donors (Lipinski definition) is 3. The molecule has 3 aliphatic rings. The third kappa shape index (κ3) is 5.03. The standard InChI is InChI=1S/C24H33ClN6O2S/c1-3-31-17-10-11-22(31)18-13-16(9-8-15(18)12-17)27-24-26-14-19(25)23(29-24)28-20-6-4-5-7-21(20)30-34(2,32)33/h8-9,13-14,17,20-22,30H,3-7,10-12H2,1-2H3,(H2,26,27,28,29)/t17?,20-,21-,22?/m1/s1. The van der Waals surface area contributed by atoms with Gasteiger partial charge in [0.15, 0.2) is 5.82 Å². The van der Waals surface area contributed by atoms with Crippen LogP contribution in [0.3, 0.4) is 0 Å². The van der Waals surface area contributed by atoms with E-state index in [9.17, 15) is 8.42 Å². The van der Waals surface area contributed by atoms with Crippen LogP contribution in [-0.4, -0.2) is 54.2 Å². The molecule has 1 saturated carbocycles. The number of anilines is 3. The average Bonchev–Trinajstić information content (AvgIpc) is 3.10. The smallest absolute Gasteiger partial charge is 0.229 e. The Labute approximate surface area is 206 Å². The molecule has 2 aliphatic heterocycles. The molecule has 2 bridgehead atoms. The minimum Gasteiger partial charge on any atom is -0.364 e. The van der Waals surface area contributed by atoms with Crippen molar-refractivity contribution in [3.05, 3.63) is 40.5 Å². The maximum absolute atomic E-state index is 11.8. The molecule has 8 nitrogen and oxygen atoms in total. The van der Waals surface area contributed by atoms with Gasteiger partial charge in [0.25, 0.3) is 0 Å². The van der Waals surface area contributed by atoms with Gasteiger partial charge in [-0.25, -0.2) is 18.1 Å². The van der Waals surface area contributed by atoms with E-state index in [4.69, 9.17) is 11.6 Å². The molecule has 184 valence electrons. The normalized spacial score (nSPS) is 26.8. The van der Waals surface area contributed by atoms with Crippen LogP contribution in [0.1, 0.15) is 62.6 Å². The predicted octanol–water partition coefficient (Wildman–Crippen LogP) is 4.23. The molecular weight excluding hydrogens is 472 g/mol. The van der Waals surface area contributed by atoms with E-state index in [0.717, 1.165) is 44.3 Å². The maximum Gasteiger partial charge on any atom is 0.229 e. The minimum atomic E-state index is -3.30. The molecule has 2 fully saturated rings. The Hall–Kier alpha value is -1.94. The summed E-state index contributed by atoms with van der Waals surface area (Å²) in [5, 5.41) is 7.14. The SMILES string of the molecule is CCN1C2CCC1c1cc(Nc3ncc(Cl)c(N[C@@H]4CCCC[C@H]4NS(C)(=O)=O)n3)ccc1C2. The molecule has 1 aromatic carbocycles.